The zero-order valence-electron chi connectivity index (χ0n) is 45.3. The molecule has 2 aliphatic carbocycles. The molecule has 4 aliphatic rings. The Labute approximate surface area is 453 Å². The lowest BCUT2D eigenvalue weighted by atomic mass is 9.88. The molecule has 0 saturated carbocycles. The molecular weight excluding hydrogens is 995 g/mol. The minimum Gasteiger partial charge on any atom is -0.444 e. The first-order valence-corrected chi connectivity index (χ1v) is 26.9. The lowest BCUT2D eigenvalue weighted by Gasteiger charge is -2.38. The normalized spacial score (nSPS) is 15.6. The minimum atomic E-state index is -0.750. The summed E-state index contributed by atoms with van der Waals surface area (Å²) < 4.78 is 40.1. The average Bonchev–Trinajstić information content (AvgIpc) is 4.24. The highest BCUT2D eigenvalue weighted by Crippen LogP contribution is 2.37. The van der Waals surface area contributed by atoms with Crippen molar-refractivity contribution in [2.75, 3.05) is 31.1 Å². The number of carbonyl (C=O) groups is 5. The van der Waals surface area contributed by atoms with Gasteiger partial charge in [-0.3, -0.25) is 29.0 Å². The van der Waals surface area contributed by atoms with Gasteiger partial charge in [0.05, 0.1) is 29.1 Å². The van der Waals surface area contributed by atoms with Crippen molar-refractivity contribution in [1.82, 2.24) is 19.3 Å². The number of carbonyl (C=O) groups excluding carboxylic acids is 5. The van der Waals surface area contributed by atoms with Crippen LogP contribution in [0.5, 0.6) is 0 Å². The van der Waals surface area contributed by atoms with Crippen LogP contribution < -0.4 is 16.2 Å². The number of nitrogens with zero attached hydrogens (tertiary/aromatic N) is 5. The second-order valence-electron chi connectivity index (χ2n) is 22.7. The minimum absolute atomic E-state index is 0.0483. The molecule has 1 unspecified atom stereocenters. The molecule has 14 nitrogen and oxygen atoms in total. The lowest BCUT2D eigenvalue weighted by Crippen LogP contribution is -2.50. The molecule has 0 spiro atoms. The van der Waals surface area contributed by atoms with E-state index in [0.717, 1.165) is 66.2 Å². The van der Waals surface area contributed by atoms with Crippen molar-refractivity contribution >= 4 is 46.5 Å². The van der Waals surface area contributed by atoms with E-state index in [4.69, 9.17) is 15.2 Å². The van der Waals surface area contributed by atoms with E-state index in [1.165, 1.54) is 61.2 Å². The number of hydrogen-bond acceptors (Lipinski definition) is 9. The molecule has 0 fully saturated rings. The van der Waals surface area contributed by atoms with Crippen molar-refractivity contribution in [2.24, 2.45) is 11.7 Å². The first kappa shape index (κ1) is 55.0. The molecule has 1 aromatic heterocycles. The summed E-state index contributed by atoms with van der Waals surface area (Å²) in [5, 5.41) is 0.967. The summed E-state index contributed by atoms with van der Waals surface area (Å²) in [6, 6.07) is 29.0. The quantitative estimate of drug-likeness (QED) is 0.111. The highest BCUT2D eigenvalue weighted by atomic mass is 19.1. The molecule has 16 heteroatoms. The van der Waals surface area contributed by atoms with Gasteiger partial charge in [-0.25, -0.2) is 18.4 Å². The van der Waals surface area contributed by atoms with Gasteiger partial charge in [-0.2, -0.15) is 0 Å². The molecule has 10 rings (SSSR count). The second-order valence-corrected chi connectivity index (χ2v) is 22.7. The fraction of sp³-hybridized carbons (Fsp3) is 0.387. The number of aryl methyl sites for hydroxylation is 4. The van der Waals surface area contributed by atoms with E-state index in [1.807, 2.05) is 6.07 Å². The largest absolute Gasteiger partial charge is 0.444 e. The van der Waals surface area contributed by atoms with E-state index in [2.05, 4.69) is 24.3 Å². The zero-order valence-corrected chi connectivity index (χ0v) is 45.3. The van der Waals surface area contributed by atoms with Crippen molar-refractivity contribution in [3.8, 4) is 0 Å². The molecule has 0 saturated heterocycles. The SMILES string of the molecule is CC(C)(C)OC(=O)N(Cc1ccc(F)cc1)CC1Cc2cc3c(cc2N(CCN2C(=O)c4ccccc4C2=O)C1=O)CCC3.CC(C)(C)OC(=O)N(Cc1ccc(F)cc1)Cc1cc2cc3c(cc2n(CCN)c1=O)CCC3. The highest BCUT2D eigenvalue weighted by Gasteiger charge is 2.40. The van der Waals surface area contributed by atoms with Crippen LogP contribution in [0.25, 0.3) is 10.9 Å². The molecule has 0 bridgehead atoms. The summed E-state index contributed by atoms with van der Waals surface area (Å²) in [5.41, 5.74) is 14.7. The van der Waals surface area contributed by atoms with Gasteiger partial charge in [0.1, 0.15) is 22.8 Å². The first-order valence-electron chi connectivity index (χ1n) is 26.9. The number of halogens is 2. The third-order valence-electron chi connectivity index (χ3n) is 14.5. The van der Waals surface area contributed by atoms with Crippen LogP contribution in [-0.4, -0.2) is 86.6 Å². The van der Waals surface area contributed by atoms with Gasteiger partial charge in [-0.05, 0) is 191 Å². The van der Waals surface area contributed by atoms with E-state index in [9.17, 15) is 37.5 Å². The molecule has 5 amide bonds. The van der Waals surface area contributed by atoms with Gasteiger partial charge in [0.15, 0.2) is 0 Å². The van der Waals surface area contributed by atoms with Gasteiger partial charge < -0.3 is 29.6 Å². The van der Waals surface area contributed by atoms with Crippen molar-refractivity contribution in [3.63, 3.8) is 0 Å². The number of ether oxygens (including phenoxy) is 2. The number of imide groups is 1. The fourth-order valence-electron chi connectivity index (χ4n) is 10.9. The number of aromatic nitrogens is 1. The van der Waals surface area contributed by atoms with E-state index in [0.29, 0.717) is 41.8 Å². The van der Waals surface area contributed by atoms with E-state index < -0.39 is 29.3 Å². The third kappa shape index (κ3) is 12.5. The Kier molecular flexibility index (Phi) is 16.0. The van der Waals surface area contributed by atoms with Gasteiger partial charge in [-0.15, -0.1) is 0 Å². The van der Waals surface area contributed by atoms with Crippen LogP contribution >= 0.6 is 0 Å². The Morgan fingerprint density at radius 2 is 1.10 bits per heavy atom. The summed E-state index contributed by atoms with van der Waals surface area (Å²) in [6.07, 6.45) is 5.48. The van der Waals surface area contributed by atoms with E-state index in [-0.39, 0.29) is 74.2 Å². The molecule has 78 heavy (non-hydrogen) atoms. The van der Waals surface area contributed by atoms with Crippen molar-refractivity contribution in [1.29, 1.82) is 0 Å². The molecule has 1 atom stereocenters. The smallest absolute Gasteiger partial charge is 0.410 e. The van der Waals surface area contributed by atoms with Crippen molar-refractivity contribution in [3.05, 3.63) is 181 Å². The number of benzene rings is 5. The van der Waals surface area contributed by atoms with Gasteiger partial charge >= 0.3 is 12.2 Å². The monoisotopic (exact) mass is 1060 g/mol. The zero-order chi connectivity index (χ0) is 55.6. The Bertz CT molecular complexity index is 3310. The first-order chi connectivity index (χ1) is 37.1. The average molecular weight is 1060 g/mol. The molecule has 5 aromatic carbocycles. The molecule has 3 heterocycles. The van der Waals surface area contributed by atoms with Crippen molar-refractivity contribution < 1.29 is 42.2 Å². The van der Waals surface area contributed by atoms with Crippen LogP contribution in [0.1, 0.15) is 120 Å². The molecular formula is C62H68F2N6O8. The van der Waals surface area contributed by atoms with Gasteiger partial charge in [0, 0.05) is 57.1 Å². The van der Waals surface area contributed by atoms with Gasteiger partial charge in [0.25, 0.3) is 17.4 Å². The maximum atomic E-state index is 14.2. The summed E-state index contributed by atoms with van der Waals surface area (Å²) in [5.74, 6) is -2.22. The Morgan fingerprint density at radius 3 is 1.65 bits per heavy atom. The van der Waals surface area contributed by atoms with Gasteiger partial charge in [-0.1, -0.05) is 42.5 Å². The fourth-order valence-corrected chi connectivity index (χ4v) is 10.9. The predicted octanol–water partition coefficient (Wildman–Crippen LogP) is 10.1. The van der Waals surface area contributed by atoms with Crippen LogP contribution in [0, 0.1) is 17.6 Å². The second kappa shape index (κ2) is 22.7. The Balaban J connectivity index is 0.000000196. The van der Waals surface area contributed by atoms with Crippen LogP contribution in [0.2, 0.25) is 0 Å². The molecule has 2 N–H and O–H groups in total. The molecule has 2 aliphatic heterocycles. The number of pyridine rings is 1. The standard InChI is InChI=1S/C35H36FN3O5.C27H32FN3O3/c1-35(2,3)44-34(43)37(20-22-11-13-27(36)14-12-22)21-26-18-25-17-23-7-6-8-24(23)19-30(25)38(31(26)40)15-16-39-32(41)28-9-4-5-10-29(28)33(39)42;1-27(2,3)34-26(33)30(16-18-7-9-23(28)10-8-18)17-22-14-21-13-19-5-4-6-20(19)15-24(21)31(12-11-29)25(22)32/h4-5,9-14,17,19,26H,6-8,15-16,18,20-21H2,1-3H3;7-10,13-15H,4-6,11-12,16-17,29H2,1-3H3. The number of fused-ring (bicyclic) bond motifs is 5. The van der Waals surface area contributed by atoms with E-state index in [1.54, 1.807) is 99.5 Å². The summed E-state index contributed by atoms with van der Waals surface area (Å²) in [6.45, 7) is 12.1. The summed E-state index contributed by atoms with van der Waals surface area (Å²) in [4.78, 5) is 86.2. The number of amides is 5. The highest BCUT2D eigenvalue weighted by molar-refractivity contribution is 6.21. The van der Waals surface area contributed by atoms with E-state index >= 15 is 0 Å². The molecule has 6 aromatic rings. The van der Waals surface area contributed by atoms with Crippen LogP contribution in [-0.2, 0) is 72.6 Å². The maximum absolute atomic E-state index is 14.2. The third-order valence-corrected chi connectivity index (χ3v) is 14.5. The van der Waals surface area contributed by atoms with Gasteiger partial charge in [0.2, 0.25) is 5.91 Å². The summed E-state index contributed by atoms with van der Waals surface area (Å²) in [7, 11) is 0. The number of rotatable bonds is 13. The number of nitrogens with two attached hydrogens (primary N) is 1. The van der Waals surface area contributed by atoms with Crippen LogP contribution in [0.3, 0.4) is 0 Å². The maximum Gasteiger partial charge on any atom is 0.410 e. The molecule has 0 radical (unpaired) electrons. The molecule has 408 valence electrons. The summed E-state index contributed by atoms with van der Waals surface area (Å²) >= 11 is 0. The lowest BCUT2D eigenvalue weighted by molar-refractivity contribution is -0.123. The Morgan fingerprint density at radius 1 is 0.603 bits per heavy atom. The van der Waals surface area contributed by atoms with Crippen molar-refractivity contribution in [2.45, 2.75) is 124 Å². The number of hydrogen-bond donors (Lipinski definition) is 1. The Hall–Kier alpha value is -7.72. The van der Waals surface area contributed by atoms with Crippen LogP contribution in [0.15, 0.2) is 108 Å². The van der Waals surface area contributed by atoms with Crippen LogP contribution in [0.4, 0.5) is 24.1 Å². The topological polar surface area (TPSA) is 165 Å². The predicted molar refractivity (Wildman–Crippen MR) is 294 cm³/mol. The number of anilines is 1.